The summed E-state index contributed by atoms with van der Waals surface area (Å²) in [4.78, 5) is 15.0. The van der Waals surface area contributed by atoms with Crippen LogP contribution in [0.5, 0.6) is 5.75 Å². The van der Waals surface area contributed by atoms with Gasteiger partial charge < -0.3 is 14.7 Å². The highest BCUT2D eigenvalue weighted by Gasteiger charge is 2.34. The lowest BCUT2D eigenvalue weighted by molar-refractivity contribution is 0.0387. The lowest BCUT2D eigenvalue weighted by Crippen LogP contribution is -2.50. The second-order valence-corrected chi connectivity index (χ2v) is 12.6. The maximum absolute atomic E-state index is 13.5. The summed E-state index contributed by atoms with van der Waals surface area (Å²) in [5.41, 5.74) is 0.275. The molecule has 10 nitrogen and oxygen atoms in total. The summed E-state index contributed by atoms with van der Waals surface area (Å²) in [6.07, 6.45) is 0.505. The van der Waals surface area contributed by atoms with Gasteiger partial charge in [-0.15, -0.1) is 0 Å². The SMILES string of the molecule is C[C@@H]1CN([C@@H](C)CO)C(=O)c2cc(NS(=O)(=O)c3ccccc3)ccc2O[C@@H]1CN(C)S(C)(=O)=O. The molecule has 0 spiro atoms. The summed E-state index contributed by atoms with van der Waals surface area (Å²) in [7, 11) is -5.91. The van der Waals surface area contributed by atoms with Crippen molar-refractivity contribution in [3.8, 4) is 5.75 Å². The van der Waals surface area contributed by atoms with E-state index in [-0.39, 0.29) is 47.5 Å². The number of aliphatic hydroxyl groups excluding tert-OH is 1. The summed E-state index contributed by atoms with van der Waals surface area (Å²) in [5.74, 6) is -0.489. The largest absolute Gasteiger partial charge is 0.488 e. The first kappa shape index (κ1) is 26.9. The van der Waals surface area contributed by atoms with Crippen molar-refractivity contribution in [2.45, 2.75) is 30.9 Å². The maximum atomic E-state index is 13.5. The van der Waals surface area contributed by atoms with Gasteiger partial charge in [-0.3, -0.25) is 9.52 Å². The lowest BCUT2D eigenvalue weighted by atomic mass is 9.99. The fourth-order valence-corrected chi connectivity index (χ4v) is 5.19. The van der Waals surface area contributed by atoms with Crippen LogP contribution in [0.4, 0.5) is 5.69 Å². The van der Waals surface area contributed by atoms with E-state index in [4.69, 9.17) is 4.74 Å². The highest BCUT2D eigenvalue weighted by molar-refractivity contribution is 7.92. The molecule has 0 aromatic heterocycles. The Kier molecular flexibility index (Phi) is 8.10. The van der Waals surface area contributed by atoms with Crippen molar-refractivity contribution in [1.82, 2.24) is 9.21 Å². The van der Waals surface area contributed by atoms with Crippen LogP contribution in [-0.2, 0) is 20.0 Å². The van der Waals surface area contributed by atoms with Crippen LogP contribution in [0.3, 0.4) is 0 Å². The predicted octanol–water partition coefficient (Wildman–Crippen LogP) is 1.60. The minimum absolute atomic E-state index is 0.0529. The number of benzene rings is 2. The number of hydrogen-bond acceptors (Lipinski definition) is 7. The molecule has 192 valence electrons. The molecule has 0 radical (unpaired) electrons. The van der Waals surface area contributed by atoms with Crippen LogP contribution in [0, 0.1) is 5.92 Å². The zero-order valence-corrected chi connectivity index (χ0v) is 21.7. The molecule has 2 aromatic carbocycles. The zero-order valence-electron chi connectivity index (χ0n) is 20.1. The molecule has 2 aromatic rings. The van der Waals surface area contributed by atoms with Crippen molar-refractivity contribution < 1.29 is 31.5 Å². The number of amides is 1. The maximum Gasteiger partial charge on any atom is 0.261 e. The van der Waals surface area contributed by atoms with E-state index in [1.165, 1.54) is 46.6 Å². The number of carbonyl (C=O) groups excluding carboxylic acids is 1. The first-order valence-electron chi connectivity index (χ1n) is 11.0. The van der Waals surface area contributed by atoms with E-state index < -0.39 is 38.1 Å². The number of ether oxygens (including phenoxy) is 1. The number of sulfonamides is 2. The van der Waals surface area contributed by atoms with Crippen molar-refractivity contribution in [1.29, 1.82) is 0 Å². The van der Waals surface area contributed by atoms with E-state index in [2.05, 4.69) is 4.72 Å². The van der Waals surface area contributed by atoms with Gasteiger partial charge in [0.2, 0.25) is 10.0 Å². The van der Waals surface area contributed by atoms with Crippen LogP contribution in [0.2, 0.25) is 0 Å². The summed E-state index contributed by atoms with van der Waals surface area (Å²) in [6.45, 7) is 3.54. The highest BCUT2D eigenvalue weighted by atomic mass is 32.2. The van der Waals surface area contributed by atoms with Gasteiger partial charge >= 0.3 is 0 Å². The normalized spacial score (nSPS) is 19.9. The predicted molar refractivity (Wildman–Crippen MR) is 132 cm³/mol. The Labute approximate surface area is 206 Å². The molecule has 0 saturated heterocycles. The minimum Gasteiger partial charge on any atom is -0.488 e. The molecule has 0 aliphatic carbocycles. The van der Waals surface area contributed by atoms with Crippen LogP contribution in [-0.4, -0.2) is 82.2 Å². The topological polar surface area (TPSA) is 133 Å². The van der Waals surface area contributed by atoms with E-state index in [9.17, 15) is 26.7 Å². The lowest BCUT2D eigenvalue weighted by Gasteiger charge is -2.38. The molecule has 35 heavy (non-hydrogen) atoms. The van der Waals surface area contributed by atoms with Gasteiger partial charge in [0.05, 0.1) is 35.9 Å². The smallest absolute Gasteiger partial charge is 0.261 e. The first-order valence-corrected chi connectivity index (χ1v) is 14.4. The molecule has 0 fully saturated rings. The molecular formula is C23H31N3O7S2. The fraction of sp³-hybridized carbons (Fsp3) is 0.435. The monoisotopic (exact) mass is 525 g/mol. The van der Waals surface area contributed by atoms with E-state index in [0.717, 1.165) is 6.26 Å². The van der Waals surface area contributed by atoms with Gasteiger partial charge in [0.15, 0.2) is 0 Å². The second-order valence-electron chi connectivity index (χ2n) is 8.80. The van der Waals surface area contributed by atoms with E-state index in [1.807, 2.05) is 6.92 Å². The third-order valence-electron chi connectivity index (χ3n) is 5.97. The summed E-state index contributed by atoms with van der Waals surface area (Å²) < 4.78 is 59.3. The number of nitrogens with zero attached hydrogens (tertiary/aromatic N) is 2. The molecule has 0 bridgehead atoms. The summed E-state index contributed by atoms with van der Waals surface area (Å²) in [5, 5.41) is 9.75. The van der Waals surface area contributed by atoms with Gasteiger partial charge in [0.1, 0.15) is 11.9 Å². The van der Waals surface area contributed by atoms with Crippen molar-refractivity contribution >= 4 is 31.6 Å². The summed E-state index contributed by atoms with van der Waals surface area (Å²) >= 11 is 0. The molecule has 1 amide bonds. The first-order chi connectivity index (χ1) is 16.3. The average Bonchev–Trinajstić information content (AvgIpc) is 2.81. The van der Waals surface area contributed by atoms with Gasteiger partial charge in [-0.2, -0.15) is 0 Å². The number of anilines is 1. The number of hydrogen-bond donors (Lipinski definition) is 2. The van der Waals surface area contributed by atoms with E-state index in [0.29, 0.717) is 0 Å². The molecule has 12 heteroatoms. The molecular weight excluding hydrogens is 494 g/mol. The Bertz CT molecular complexity index is 1270. The molecule has 1 aliphatic heterocycles. The van der Waals surface area contributed by atoms with Crippen LogP contribution in [0.15, 0.2) is 53.4 Å². The number of aliphatic hydroxyl groups is 1. The molecule has 0 saturated carbocycles. The van der Waals surface area contributed by atoms with E-state index in [1.54, 1.807) is 25.1 Å². The molecule has 3 rings (SSSR count). The van der Waals surface area contributed by atoms with Gasteiger partial charge in [-0.25, -0.2) is 21.1 Å². The molecule has 0 unspecified atom stereocenters. The Morgan fingerprint density at radius 1 is 1.17 bits per heavy atom. The zero-order chi connectivity index (χ0) is 26.0. The fourth-order valence-electron chi connectivity index (χ4n) is 3.71. The molecule has 1 heterocycles. The Balaban J connectivity index is 2.02. The van der Waals surface area contributed by atoms with Crippen LogP contribution in [0.25, 0.3) is 0 Å². The van der Waals surface area contributed by atoms with Crippen molar-refractivity contribution in [3.05, 3.63) is 54.1 Å². The van der Waals surface area contributed by atoms with Gasteiger partial charge in [0, 0.05) is 25.2 Å². The van der Waals surface area contributed by atoms with Crippen molar-refractivity contribution in [3.63, 3.8) is 0 Å². The van der Waals surface area contributed by atoms with Gasteiger partial charge in [-0.05, 0) is 37.3 Å². The standard InChI is InChI=1S/C23H31N3O7S2/c1-16-13-26(17(2)15-27)23(28)20-12-18(24-35(31,32)19-8-6-5-7-9-19)10-11-21(20)33-22(16)14-25(3)34(4,29)30/h5-12,16-17,22,24,27H,13-15H2,1-4H3/t16-,17+,22-/m1/s1. The van der Waals surface area contributed by atoms with Crippen LogP contribution in [0.1, 0.15) is 24.2 Å². The van der Waals surface area contributed by atoms with Crippen molar-refractivity contribution in [2.75, 3.05) is 37.7 Å². The molecule has 3 atom stereocenters. The molecule has 2 N–H and O–H groups in total. The quantitative estimate of drug-likeness (QED) is 0.535. The Morgan fingerprint density at radius 2 is 1.83 bits per heavy atom. The van der Waals surface area contributed by atoms with Gasteiger partial charge in [0.25, 0.3) is 15.9 Å². The third-order valence-corrected chi connectivity index (χ3v) is 8.65. The second kappa shape index (κ2) is 10.5. The number of nitrogens with one attached hydrogen (secondary N) is 1. The minimum atomic E-state index is -3.89. The average molecular weight is 526 g/mol. The van der Waals surface area contributed by atoms with Gasteiger partial charge in [-0.1, -0.05) is 25.1 Å². The number of rotatable bonds is 8. The number of fused-ring (bicyclic) bond motifs is 1. The summed E-state index contributed by atoms with van der Waals surface area (Å²) in [6, 6.07) is 11.7. The highest BCUT2D eigenvalue weighted by Crippen LogP contribution is 2.31. The van der Waals surface area contributed by atoms with Crippen LogP contribution < -0.4 is 9.46 Å². The number of carbonyl (C=O) groups is 1. The molecule has 1 aliphatic rings. The Morgan fingerprint density at radius 3 is 2.43 bits per heavy atom. The van der Waals surface area contributed by atoms with Crippen LogP contribution >= 0.6 is 0 Å². The van der Waals surface area contributed by atoms with Crippen molar-refractivity contribution in [2.24, 2.45) is 5.92 Å². The number of likely N-dealkylation sites (N-methyl/N-ethyl adjacent to an activating group) is 1. The Hall–Kier alpha value is -2.67. The third kappa shape index (κ3) is 6.31. The van der Waals surface area contributed by atoms with E-state index >= 15 is 0 Å².